The SMILES string of the molecule is O=C(c1ccccc1)c1cc(-c2ccccc2)oc(=O)c1. The molecule has 1 heterocycles. The Labute approximate surface area is 121 Å². The summed E-state index contributed by atoms with van der Waals surface area (Å²) >= 11 is 0. The van der Waals surface area contributed by atoms with E-state index in [1.54, 1.807) is 30.3 Å². The summed E-state index contributed by atoms with van der Waals surface area (Å²) in [6, 6.07) is 20.9. The molecule has 0 atom stereocenters. The van der Waals surface area contributed by atoms with Gasteiger partial charge in [0.15, 0.2) is 5.78 Å². The van der Waals surface area contributed by atoms with Gasteiger partial charge in [0, 0.05) is 22.8 Å². The topological polar surface area (TPSA) is 47.3 Å². The highest BCUT2D eigenvalue weighted by Crippen LogP contribution is 2.19. The predicted molar refractivity (Wildman–Crippen MR) is 80.3 cm³/mol. The molecule has 0 N–H and O–H groups in total. The standard InChI is InChI=1S/C18H12O3/c19-17-12-15(18(20)14-9-5-2-6-10-14)11-16(21-17)13-7-3-1-4-8-13/h1-12H. The van der Waals surface area contributed by atoms with E-state index < -0.39 is 5.63 Å². The third-order valence-corrected chi connectivity index (χ3v) is 3.13. The van der Waals surface area contributed by atoms with Gasteiger partial charge in [0.25, 0.3) is 0 Å². The van der Waals surface area contributed by atoms with Crippen molar-refractivity contribution < 1.29 is 9.21 Å². The van der Waals surface area contributed by atoms with Gasteiger partial charge in [0.05, 0.1) is 0 Å². The second kappa shape index (κ2) is 5.59. The Kier molecular flexibility index (Phi) is 3.48. The number of benzene rings is 2. The van der Waals surface area contributed by atoms with E-state index in [-0.39, 0.29) is 5.78 Å². The molecular weight excluding hydrogens is 264 g/mol. The molecule has 3 aromatic rings. The molecule has 0 aliphatic rings. The van der Waals surface area contributed by atoms with Crippen molar-refractivity contribution in [2.75, 3.05) is 0 Å². The van der Waals surface area contributed by atoms with Crippen LogP contribution >= 0.6 is 0 Å². The molecule has 102 valence electrons. The van der Waals surface area contributed by atoms with Crippen LogP contribution in [0.15, 0.2) is 82.0 Å². The maximum Gasteiger partial charge on any atom is 0.336 e. The van der Waals surface area contributed by atoms with Gasteiger partial charge < -0.3 is 4.42 Å². The van der Waals surface area contributed by atoms with Gasteiger partial charge >= 0.3 is 5.63 Å². The molecule has 0 unspecified atom stereocenters. The summed E-state index contributed by atoms with van der Waals surface area (Å²) < 4.78 is 5.18. The maximum atomic E-state index is 12.4. The molecular formula is C18H12O3. The Morgan fingerprint density at radius 3 is 2.05 bits per heavy atom. The first-order valence-electron chi connectivity index (χ1n) is 6.54. The lowest BCUT2D eigenvalue weighted by Crippen LogP contribution is -2.07. The lowest BCUT2D eigenvalue weighted by Gasteiger charge is -2.04. The highest BCUT2D eigenvalue weighted by atomic mass is 16.4. The number of rotatable bonds is 3. The molecule has 1 aromatic heterocycles. The number of ketones is 1. The Morgan fingerprint density at radius 1 is 0.762 bits per heavy atom. The second-order valence-electron chi connectivity index (χ2n) is 4.59. The van der Waals surface area contributed by atoms with Crippen LogP contribution in [-0.4, -0.2) is 5.78 Å². The van der Waals surface area contributed by atoms with E-state index in [1.165, 1.54) is 6.07 Å². The van der Waals surface area contributed by atoms with Crippen molar-refractivity contribution in [2.24, 2.45) is 0 Å². The van der Waals surface area contributed by atoms with Gasteiger partial charge in [0.2, 0.25) is 0 Å². The highest BCUT2D eigenvalue weighted by Gasteiger charge is 2.12. The third kappa shape index (κ3) is 2.82. The van der Waals surface area contributed by atoms with Gasteiger partial charge in [-0.25, -0.2) is 4.79 Å². The van der Waals surface area contributed by atoms with Crippen LogP contribution in [0.5, 0.6) is 0 Å². The molecule has 0 saturated carbocycles. The van der Waals surface area contributed by atoms with Gasteiger partial charge in [-0.15, -0.1) is 0 Å². The number of hydrogen-bond donors (Lipinski definition) is 0. The van der Waals surface area contributed by atoms with E-state index >= 15 is 0 Å². The lowest BCUT2D eigenvalue weighted by atomic mass is 10.0. The van der Waals surface area contributed by atoms with Crippen LogP contribution in [0.1, 0.15) is 15.9 Å². The van der Waals surface area contributed by atoms with Gasteiger partial charge in [-0.1, -0.05) is 60.7 Å². The van der Waals surface area contributed by atoms with E-state index in [9.17, 15) is 9.59 Å². The van der Waals surface area contributed by atoms with E-state index in [1.807, 2.05) is 36.4 Å². The first kappa shape index (κ1) is 13.1. The van der Waals surface area contributed by atoms with Crippen LogP contribution in [0.25, 0.3) is 11.3 Å². The minimum Gasteiger partial charge on any atom is -0.423 e. The number of hydrogen-bond acceptors (Lipinski definition) is 3. The summed E-state index contributed by atoms with van der Waals surface area (Å²) in [6.45, 7) is 0. The Hall–Kier alpha value is -2.94. The van der Waals surface area contributed by atoms with Gasteiger partial charge in [0.1, 0.15) is 5.76 Å². The summed E-state index contributed by atoms with van der Waals surface area (Å²) in [6.07, 6.45) is 0. The number of carbonyl (C=O) groups is 1. The molecule has 0 radical (unpaired) electrons. The normalized spacial score (nSPS) is 10.3. The van der Waals surface area contributed by atoms with E-state index in [4.69, 9.17) is 4.42 Å². The molecule has 0 amide bonds. The molecule has 0 saturated heterocycles. The minimum absolute atomic E-state index is 0.194. The average Bonchev–Trinajstić information content (AvgIpc) is 2.55. The van der Waals surface area contributed by atoms with Gasteiger partial charge in [-0.3, -0.25) is 4.79 Å². The van der Waals surface area contributed by atoms with Crippen molar-refractivity contribution >= 4 is 5.78 Å². The van der Waals surface area contributed by atoms with Crippen LogP contribution in [0.4, 0.5) is 0 Å². The summed E-state index contributed by atoms with van der Waals surface area (Å²) in [5, 5.41) is 0. The highest BCUT2D eigenvalue weighted by molar-refractivity contribution is 6.09. The van der Waals surface area contributed by atoms with Crippen molar-refractivity contribution in [2.45, 2.75) is 0 Å². The minimum atomic E-state index is -0.532. The molecule has 0 aliphatic carbocycles. The zero-order valence-electron chi connectivity index (χ0n) is 11.2. The zero-order chi connectivity index (χ0) is 14.7. The lowest BCUT2D eigenvalue weighted by molar-refractivity contribution is 0.103. The molecule has 3 heteroatoms. The quantitative estimate of drug-likeness (QED) is 0.687. The third-order valence-electron chi connectivity index (χ3n) is 3.13. The van der Waals surface area contributed by atoms with Crippen molar-refractivity contribution in [3.8, 4) is 11.3 Å². The predicted octanol–water partition coefficient (Wildman–Crippen LogP) is 3.54. The van der Waals surface area contributed by atoms with Crippen LogP contribution in [0.3, 0.4) is 0 Å². The molecule has 21 heavy (non-hydrogen) atoms. The van der Waals surface area contributed by atoms with Crippen LogP contribution < -0.4 is 5.63 Å². The Morgan fingerprint density at radius 2 is 1.38 bits per heavy atom. The molecule has 3 nitrogen and oxygen atoms in total. The average molecular weight is 276 g/mol. The molecule has 2 aromatic carbocycles. The molecule has 0 spiro atoms. The van der Waals surface area contributed by atoms with Crippen molar-refractivity contribution in [1.82, 2.24) is 0 Å². The van der Waals surface area contributed by atoms with Crippen molar-refractivity contribution in [3.05, 3.63) is 94.3 Å². The first-order valence-corrected chi connectivity index (χ1v) is 6.54. The maximum absolute atomic E-state index is 12.4. The Bertz CT molecular complexity index is 818. The molecule has 0 bridgehead atoms. The van der Waals surface area contributed by atoms with Gasteiger partial charge in [-0.05, 0) is 6.07 Å². The molecule has 3 rings (SSSR count). The fraction of sp³-hybridized carbons (Fsp3) is 0. The monoisotopic (exact) mass is 276 g/mol. The summed E-state index contributed by atoms with van der Waals surface area (Å²) in [7, 11) is 0. The summed E-state index contributed by atoms with van der Waals surface area (Å²) in [4.78, 5) is 24.1. The van der Waals surface area contributed by atoms with Gasteiger partial charge in [-0.2, -0.15) is 0 Å². The van der Waals surface area contributed by atoms with Crippen molar-refractivity contribution in [1.29, 1.82) is 0 Å². The van der Waals surface area contributed by atoms with Crippen LogP contribution in [0, 0.1) is 0 Å². The first-order chi connectivity index (χ1) is 10.2. The zero-order valence-corrected chi connectivity index (χ0v) is 11.2. The second-order valence-corrected chi connectivity index (χ2v) is 4.59. The fourth-order valence-electron chi connectivity index (χ4n) is 2.11. The number of carbonyl (C=O) groups excluding carboxylic acids is 1. The van der Waals surface area contributed by atoms with Crippen LogP contribution in [-0.2, 0) is 0 Å². The van der Waals surface area contributed by atoms with E-state index in [0.717, 1.165) is 5.56 Å². The fourth-order valence-corrected chi connectivity index (χ4v) is 2.11. The Balaban J connectivity index is 2.07. The van der Waals surface area contributed by atoms with E-state index in [0.29, 0.717) is 16.9 Å². The van der Waals surface area contributed by atoms with Crippen LogP contribution in [0.2, 0.25) is 0 Å². The summed E-state index contributed by atoms with van der Waals surface area (Å²) in [5.74, 6) is 0.197. The molecule has 0 fully saturated rings. The smallest absolute Gasteiger partial charge is 0.336 e. The molecule has 0 aliphatic heterocycles. The van der Waals surface area contributed by atoms with Crippen molar-refractivity contribution in [3.63, 3.8) is 0 Å². The largest absolute Gasteiger partial charge is 0.423 e. The summed E-state index contributed by atoms with van der Waals surface area (Å²) in [5.41, 5.74) is 1.10. The van der Waals surface area contributed by atoms with E-state index in [2.05, 4.69) is 0 Å².